The third-order valence-electron chi connectivity index (χ3n) is 5.64. The van der Waals surface area contributed by atoms with Crippen LogP contribution in [0.4, 0.5) is 31.1 Å². The molecule has 2 amide bonds. The van der Waals surface area contributed by atoms with Gasteiger partial charge in [0.05, 0.1) is 18.2 Å². The lowest BCUT2D eigenvalue weighted by Gasteiger charge is -2.41. The summed E-state index contributed by atoms with van der Waals surface area (Å²) in [5, 5.41) is 5.80. The number of carbonyl (C=O) groups excluding carboxylic acids is 2. The summed E-state index contributed by atoms with van der Waals surface area (Å²) in [6, 6.07) is 0.271. The molecule has 33 heavy (non-hydrogen) atoms. The van der Waals surface area contributed by atoms with Crippen molar-refractivity contribution in [2.45, 2.75) is 69.6 Å². The summed E-state index contributed by atoms with van der Waals surface area (Å²) >= 11 is 0. The van der Waals surface area contributed by atoms with E-state index in [2.05, 4.69) is 10.6 Å². The number of hydrogen-bond donors (Lipinski definition) is 2. The first kappa shape index (κ1) is 26.7. The van der Waals surface area contributed by atoms with Gasteiger partial charge in [0, 0.05) is 38.1 Å². The molecule has 3 unspecified atom stereocenters. The van der Waals surface area contributed by atoms with Crippen LogP contribution in [-0.2, 0) is 28.4 Å². The standard InChI is InChI=1S/C21H27F6N3O3/c1-4-15-8-17(9-16(29-15)10-18(31)28-2)30(19(32)33-3)11-12-5-13(20(22,23)24)7-14(6-12)21(25,26)27/h5-7,15-17,29H,4,8-11H2,1-3H3,(H,28,31). The highest BCUT2D eigenvalue weighted by atomic mass is 19.4. The summed E-state index contributed by atoms with van der Waals surface area (Å²) in [5.74, 6) is -0.236. The first-order chi connectivity index (χ1) is 15.3. The van der Waals surface area contributed by atoms with E-state index in [0.29, 0.717) is 25.0 Å². The van der Waals surface area contributed by atoms with Crippen molar-refractivity contribution in [2.24, 2.45) is 0 Å². The molecule has 1 aliphatic heterocycles. The number of nitrogens with one attached hydrogen (secondary N) is 2. The van der Waals surface area contributed by atoms with Crippen molar-refractivity contribution in [2.75, 3.05) is 14.2 Å². The fourth-order valence-corrected chi connectivity index (χ4v) is 4.00. The quantitative estimate of drug-likeness (QED) is 0.591. The van der Waals surface area contributed by atoms with Gasteiger partial charge in [-0.3, -0.25) is 4.79 Å². The number of nitrogens with zero attached hydrogens (tertiary/aromatic N) is 1. The van der Waals surface area contributed by atoms with Crippen LogP contribution < -0.4 is 10.6 Å². The molecule has 0 aromatic heterocycles. The average Bonchev–Trinajstić information content (AvgIpc) is 2.75. The van der Waals surface area contributed by atoms with Crippen molar-refractivity contribution in [1.29, 1.82) is 0 Å². The Morgan fingerprint density at radius 1 is 1.06 bits per heavy atom. The Hall–Kier alpha value is -2.50. The lowest BCUT2D eigenvalue weighted by Crippen LogP contribution is -2.54. The zero-order valence-corrected chi connectivity index (χ0v) is 18.4. The van der Waals surface area contributed by atoms with Crippen molar-refractivity contribution in [3.05, 3.63) is 34.9 Å². The van der Waals surface area contributed by atoms with Gasteiger partial charge in [-0.25, -0.2) is 4.79 Å². The molecule has 1 saturated heterocycles. The molecule has 0 aliphatic carbocycles. The highest BCUT2D eigenvalue weighted by molar-refractivity contribution is 5.76. The second kappa shape index (κ2) is 10.6. The minimum atomic E-state index is -4.99. The summed E-state index contributed by atoms with van der Waals surface area (Å²) < 4.78 is 84.2. The number of rotatable bonds is 6. The van der Waals surface area contributed by atoms with Gasteiger partial charge < -0.3 is 20.3 Å². The molecule has 1 fully saturated rings. The Morgan fingerprint density at radius 2 is 1.61 bits per heavy atom. The summed E-state index contributed by atoms with van der Waals surface area (Å²) in [7, 11) is 2.57. The highest BCUT2D eigenvalue weighted by Crippen LogP contribution is 2.37. The number of halogens is 6. The van der Waals surface area contributed by atoms with E-state index in [1.807, 2.05) is 6.92 Å². The fraction of sp³-hybridized carbons (Fsp3) is 0.619. The molecule has 0 bridgehead atoms. The molecular formula is C21H27F6N3O3. The van der Waals surface area contributed by atoms with Crippen molar-refractivity contribution in [1.82, 2.24) is 15.5 Å². The lowest BCUT2D eigenvalue weighted by molar-refractivity contribution is -0.143. The largest absolute Gasteiger partial charge is 0.453 e. The number of hydrogen-bond acceptors (Lipinski definition) is 4. The maximum atomic E-state index is 13.2. The number of carbonyl (C=O) groups is 2. The van der Waals surface area contributed by atoms with Crippen molar-refractivity contribution in [3.63, 3.8) is 0 Å². The number of alkyl halides is 6. The first-order valence-corrected chi connectivity index (χ1v) is 10.4. The maximum absolute atomic E-state index is 13.2. The molecule has 1 aliphatic rings. The Labute approximate surface area is 187 Å². The van der Waals surface area contributed by atoms with E-state index in [-0.39, 0.29) is 42.5 Å². The van der Waals surface area contributed by atoms with Crippen LogP contribution in [0.5, 0.6) is 0 Å². The molecule has 186 valence electrons. The average molecular weight is 483 g/mol. The zero-order valence-electron chi connectivity index (χ0n) is 18.4. The fourth-order valence-electron chi connectivity index (χ4n) is 4.00. The second-order valence-electron chi connectivity index (χ2n) is 7.98. The van der Waals surface area contributed by atoms with Crippen molar-refractivity contribution >= 4 is 12.0 Å². The smallest absolute Gasteiger partial charge is 0.416 e. The van der Waals surface area contributed by atoms with Crippen molar-refractivity contribution in [3.8, 4) is 0 Å². The molecule has 1 aromatic rings. The van der Waals surface area contributed by atoms with Crippen LogP contribution >= 0.6 is 0 Å². The SMILES string of the molecule is CCC1CC(N(Cc2cc(C(F)(F)F)cc(C(F)(F)F)c2)C(=O)OC)CC(CC(=O)NC)N1. The summed E-state index contributed by atoms with van der Waals surface area (Å²) in [5.41, 5.74) is -3.23. The van der Waals surface area contributed by atoms with Crippen molar-refractivity contribution < 1.29 is 40.7 Å². The maximum Gasteiger partial charge on any atom is 0.416 e. The molecule has 12 heteroatoms. The molecule has 1 aromatic carbocycles. The molecule has 3 atom stereocenters. The minimum Gasteiger partial charge on any atom is -0.453 e. The van der Waals surface area contributed by atoms with E-state index in [0.717, 1.165) is 12.0 Å². The molecule has 0 spiro atoms. The Balaban J connectivity index is 2.41. The van der Waals surface area contributed by atoms with Crippen LogP contribution in [0.1, 0.15) is 49.3 Å². The Bertz CT molecular complexity index is 811. The first-order valence-electron chi connectivity index (χ1n) is 10.4. The monoisotopic (exact) mass is 483 g/mol. The molecular weight excluding hydrogens is 456 g/mol. The topological polar surface area (TPSA) is 70.7 Å². The van der Waals surface area contributed by atoms with Gasteiger partial charge >= 0.3 is 18.4 Å². The predicted molar refractivity (Wildman–Crippen MR) is 107 cm³/mol. The van der Waals surface area contributed by atoms with Crippen LogP contribution in [0, 0.1) is 0 Å². The Morgan fingerprint density at radius 3 is 2.06 bits per heavy atom. The summed E-state index contributed by atoms with van der Waals surface area (Å²) in [6.07, 6.45) is -9.41. The third-order valence-corrected chi connectivity index (χ3v) is 5.64. The number of methoxy groups -OCH3 is 1. The number of ether oxygens (including phenoxy) is 1. The summed E-state index contributed by atoms with van der Waals surface area (Å²) in [6.45, 7) is 1.38. The van der Waals surface area contributed by atoms with E-state index in [1.165, 1.54) is 7.05 Å². The number of piperidine rings is 1. The van der Waals surface area contributed by atoms with E-state index < -0.39 is 42.2 Å². The van der Waals surface area contributed by atoms with Crippen LogP contribution in [0.25, 0.3) is 0 Å². The van der Waals surface area contributed by atoms with E-state index in [1.54, 1.807) is 0 Å². The molecule has 0 saturated carbocycles. The van der Waals surface area contributed by atoms with Gasteiger partial charge in [0.2, 0.25) is 5.91 Å². The number of amides is 2. The van der Waals surface area contributed by atoms with Crippen LogP contribution in [0.15, 0.2) is 18.2 Å². The van der Waals surface area contributed by atoms with E-state index in [4.69, 9.17) is 4.74 Å². The van der Waals surface area contributed by atoms with Crippen LogP contribution in [0.3, 0.4) is 0 Å². The van der Waals surface area contributed by atoms with Crippen LogP contribution in [0.2, 0.25) is 0 Å². The van der Waals surface area contributed by atoms with Gasteiger partial charge in [-0.2, -0.15) is 26.3 Å². The molecule has 1 heterocycles. The summed E-state index contributed by atoms with van der Waals surface area (Å²) in [4.78, 5) is 25.5. The van der Waals surface area contributed by atoms with E-state index in [9.17, 15) is 35.9 Å². The Kier molecular flexibility index (Phi) is 8.61. The van der Waals surface area contributed by atoms with E-state index >= 15 is 0 Å². The molecule has 2 N–H and O–H groups in total. The van der Waals surface area contributed by atoms with Gasteiger partial charge in [-0.1, -0.05) is 6.92 Å². The second-order valence-corrected chi connectivity index (χ2v) is 7.98. The van der Waals surface area contributed by atoms with Crippen LogP contribution in [-0.4, -0.2) is 49.2 Å². The minimum absolute atomic E-state index is 0.0447. The van der Waals surface area contributed by atoms with Gasteiger partial charge in [0.25, 0.3) is 0 Å². The van der Waals surface area contributed by atoms with Gasteiger partial charge in [0.1, 0.15) is 0 Å². The predicted octanol–water partition coefficient (Wildman–Crippen LogP) is 4.33. The number of benzene rings is 1. The molecule has 6 nitrogen and oxygen atoms in total. The van der Waals surface area contributed by atoms with Gasteiger partial charge in [-0.15, -0.1) is 0 Å². The molecule has 0 radical (unpaired) electrons. The normalized spacial score (nSPS) is 21.4. The molecule has 2 rings (SSSR count). The van der Waals surface area contributed by atoms with Gasteiger partial charge in [0.15, 0.2) is 0 Å². The zero-order chi connectivity index (χ0) is 25.0. The highest BCUT2D eigenvalue weighted by Gasteiger charge is 2.38. The van der Waals surface area contributed by atoms with Gasteiger partial charge in [-0.05, 0) is 43.0 Å². The lowest BCUT2D eigenvalue weighted by atomic mass is 9.89. The third kappa shape index (κ3) is 7.24.